The molecule has 0 radical (unpaired) electrons. The number of nitrogens with one attached hydrogen (secondary N) is 1. The highest BCUT2D eigenvalue weighted by molar-refractivity contribution is 5.95. The van der Waals surface area contributed by atoms with Crippen molar-refractivity contribution in [3.05, 3.63) is 42.1 Å². The van der Waals surface area contributed by atoms with Crippen molar-refractivity contribution in [1.82, 2.24) is 15.2 Å². The number of carbonyl (C=O) groups excluding carboxylic acids is 1. The maximum atomic E-state index is 12.7. The molecule has 2 aromatic rings. The van der Waals surface area contributed by atoms with E-state index in [2.05, 4.69) is 10.3 Å². The van der Waals surface area contributed by atoms with Crippen molar-refractivity contribution < 1.29 is 4.79 Å². The second-order valence-electron chi connectivity index (χ2n) is 6.06. The Morgan fingerprint density at radius 2 is 2.10 bits per heavy atom. The van der Waals surface area contributed by atoms with Crippen molar-refractivity contribution in [3.8, 4) is 0 Å². The van der Waals surface area contributed by atoms with E-state index in [9.17, 15) is 4.79 Å². The van der Waals surface area contributed by atoms with E-state index in [0.29, 0.717) is 17.7 Å². The summed E-state index contributed by atoms with van der Waals surface area (Å²) in [6.45, 7) is 2.76. The van der Waals surface area contributed by atoms with Gasteiger partial charge >= 0.3 is 0 Å². The number of rotatable bonds is 1. The third-order valence-electron chi connectivity index (χ3n) is 4.70. The summed E-state index contributed by atoms with van der Waals surface area (Å²) in [6.07, 6.45) is 2.45. The van der Waals surface area contributed by atoms with Crippen LogP contribution in [0.15, 0.2) is 36.4 Å². The molecular formula is C17H19N3O. The van der Waals surface area contributed by atoms with Gasteiger partial charge in [-0.05, 0) is 37.4 Å². The molecule has 1 aromatic heterocycles. The fourth-order valence-electron chi connectivity index (χ4n) is 3.56. The molecule has 2 unspecified atom stereocenters. The average Bonchev–Trinajstić information content (AvgIpc) is 2.97. The second kappa shape index (κ2) is 5.11. The van der Waals surface area contributed by atoms with Gasteiger partial charge in [0.05, 0.1) is 5.52 Å². The van der Waals surface area contributed by atoms with Crippen LogP contribution in [0.25, 0.3) is 10.9 Å². The van der Waals surface area contributed by atoms with Crippen LogP contribution in [0, 0.1) is 5.92 Å². The average molecular weight is 281 g/mol. The quantitative estimate of drug-likeness (QED) is 0.870. The number of benzene rings is 1. The van der Waals surface area contributed by atoms with E-state index in [1.807, 2.05) is 41.3 Å². The third kappa shape index (κ3) is 2.29. The lowest BCUT2D eigenvalue weighted by Gasteiger charge is -2.24. The summed E-state index contributed by atoms with van der Waals surface area (Å²) in [5.41, 5.74) is 1.45. The summed E-state index contributed by atoms with van der Waals surface area (Å²) in [4.78, 5) is 19.2. The number of para-hydroxylation sites is 1. The van der Waals surface area contributed by atoms with Gasteiger partial charge in [0.15, 0.2) is 0 Å². The molecule has 2 aliphatic heterocycles. The first-order valence-corrected chi connectivity index (χ1v) is 7.70. The molecule has 21 heavy (non-hydrogen) atoms. The van der Waals surface area contributed by atoms with E-state index in [0.717, 1.165) is 30.5 Å². The number of nitrogens with zero attached hydrogens (tertiary/aromatic N) is 2. The SMILES string of the molecule is O=C(c1ccc2ccccc2n1)N1CC2CCCNC2C1. The van der Waals surface area contributed by atoms with Crippen LogP contribution in [0.2, 0.25) is 0 Å². The van der Waals surface area contributed by atoms with Gasteiger partial charge in [0.25, 0.3) is 5.91 Å². The van der Waals surface area contributed by atoms with Crippen molar-refractivity contribution in [3.63, 3.8) is 0 Å². The number of amides is 1. The zero-order valence-corrected chi connectivity index (χ0v) is 12.0. The zero-order chi connectivity index (χ0) is 14.2. The topological polar surface area (TPSA) is 45.2 Å². The highest BCUT2D eigenvalue weighted by Crippen LogP contribution is 2.26. The van der Waals surface area contributed by atoms with E-state index in [-0.39, 0.29) is 5.91 Å². The normalized spacial score (nSPS) is 25.0. The summed E-state index contributed by atoms with van der Waals surface area (Å²) in [7, 11) is 0. The van der Waals surface area contributed by atoms with Crippen LogP contribution in [0.1, 0.15) is 23.3 Å². The van der Waals surface area contributed by atoms with Gasteiger partial charge in [0.2, 0.25) is 0 Å². The Morgan fingerprint density at radius 1 is 1.19 bits per heavy atom. The molecule has 4 rings (SSSR count). The van der Waals surface area contributed by atoms with Gasteiger partial charge in [-0.2, -0.15) is 0 Å². The zero-order valence-electron chi connectivity index (χ0n) is 12.0. The van der Waals surface area contributed by atoms with Gasteiger partial charge in [-0.1, -0.05) is 24.3 Å². The number of hydrogen-bond donors (Lipinski definition) is 1. The predicted molar refractivity (Wildman–Crippen MR) is 82.2 cm³/mol. The third-order valence-corrected chi connectivity index (χ3v) is 4.70. The molecule has 3 heterocycles. The Hall–Kier alpha value is -1.94. The Morgan fingerprint density at radius 3 is 3.00 bits per heavy atom. The minimum absolute atomic E-state index is 0.0666. The van der Waals surface area contributed by atoms with Gasteiger partial charge in [-0.15, -0.1) is 0 Å². The van der Waals surface area contributed by atoms with Crippen molar-refractivity contribution >= 4 is 16.8 Å². The molecule has 4 heteroatoms. The van der Waals surface area contributed by atoms with Crippen molar-refractivity contribution in [2.45, 2.75) is 18.9 Å². The molecule has 1 N–H and O–H groups in total. The number of piperidine rings is 1. The number of pyridine rings is 1. The lowest BCUT2D eigenvalue weighted by atomic mass is 9.94. The predicted octanol–water partition coefficient (Wildman–Crippen LogP) is 2.06. The standard InChI is InChI=1S/C17H19N3O/c21-17(20-10-13-5-3-9-18-16(13)11-20)15-8-7-12-4-1-2-6-14(12)19-15/h1-2,4,6-8,13,16,18H,3,5,9-11H2. The summed E-state index contributed by atoms with van der Waals surface area (Å²) in [6, 6.07) is 12.2. The van der Waals surface area contributed by atoms with E-state index >= 15 is 0 Å². The van der Waals surface area contributed by atoms with Crippen molar-refractivity contribution in [2.24, 2.45) is 5.92 Å². The molecule has 2 saturated heterocycles. The van der Waals surface area contributed by atoms with Crippen LogP contribution in [0.5, 0.6) is 0 Å². The minimum Gasteiger partial charge on any atom is -0.335 e. The Balaban J connectivity index is 1.58. The van der Waals surface area contributed by atoms with E-state index in [4.69, 9.17) is 0 Å². The molecule has 1 aromatic carbocycles. The first-order chi connectivity index (χ1) is 10.3. The molecular weight excluding hydrogens is 262 g/mol. The van der Waals surface area contributed by atoms with Crippen LogP contribution in [0.3, 0.4) is 0 Å². The Kier molecular flexibility index (Phi) is 3.11. The lowest BCUT2D eigenvalue weighted by Crippen LogP contribution is -2.41. The molecule has 2 aliphatic rings. The molecule has 0 saturated carbocycles. The Bertz CT molecular complexity index is 671. The van der Waals surface area contributed by atoms with Crippen LogP contribution < -0.4 is 5.32 Å². The first-order valence-electron chi connectivity index (χ1n) is 7.70. The van der Waals surface area contributed by atoms with Gasteiger partial charge < -0.3 is 10.2 Å². The first kappa shape index (κ1) is 12.8. The van der Waals surface area contributed by atoms with Crippen molar-refractivity contribution in [1.29, 1.82) is 0 Å². The van der Waals surface area contributed by atoms with Crippen molar-refractivity contribution in [2.75, 3.05) is 19.6 Å². The van der Waals surface area contributed by atoms with Gasteiger partial charge in [-0.3, -0.25) is 4.79 Å². The number of hydrogen-bond acceptors (Lipinski definition) is 3. The fourth-order valence-corrected chi connectivity index (χ4v) is 3.56. The number of aromatic nitrogens is 1. The van der Waals surface area contributed by atoms with E-state index in [1.54, 1.807) is 0 Å². The summed E-state index contributed by atoms with van der Waals surface area (Å²) >= 11 is 0. The minimum atomic E-state index is 0.0666. The highest BCUT2D eigenvalue weighted by Gasteiger charge is 2.36. The largest absolute Gasteiger partial charge is 0.335 e. The Labute approximate surface area is 124 Å². The molecule has 0 spiro atoms. The molecule has 1 amide bonds. The van der Waals surface area contributed by atoms with Gasteiger partial charge in [0.1, 0.15) is 5.69 Å². The number of carbonyl (C=O) groups is 1. The maximum absolute atomic E-state index is 12.7. The summed E-state index contributed by atoms with van der Waals surface area (Å²) < 4.78 is 0. The van der Waals surface area contributed by atoms with Crippen LogP contribution in [0.4, 0.5) is 0 Å². The molecule has 2 atom stereocenters. The summed E-state index contributed by atoms with van der Waals surface area (Å²) in [5, 5.41) is 4.61. The van der Waals surface area contributed by atoms with E-state index in [1.165, 1.54) is 12.8 Å². The summed E-state index contributed by atoms with van der Waals surface area (Å²) in [5.74, 6) is 0.681. The number of likely N-dealkylation sites (tertiary alicyclic amines) is 1. The molecule has 4 nitrogen and oxygen atoms in total. The molecule has 108 valence electrons. The monoisotopic (exact) mass is 281 g/mol. The fraction of sp³-hybridized carbons (Fsp3) is 0.412. The molecule has 0 bridgehead atoms. The van der Waals surface area contributed by atoms with Crippen LogP contribution in [-0.2, 0) is 0 Å². The second-order valence-corrected chi connectivity index (χ2v) is 6.06. The van der Waals surface area contributed by atoms with Crippen LogP contribution >= 0.6 is 0 Å². The van der Waals surface area contributed by atoms with Gasteiger partial charge in [-0.25, -0.2) is 4.98 Å². The lowest BCUT2D eigenvalue weighted by molar-refractivity contribution is 0.0780. The maximum Gasteiger partial charge on any atom is 0.272 e. The van der Waals surface area contributed by atoms with Crippen LogP contribution in [-0.4, -0.2) is 41.5 Å². The number of fused-ring (bicyclic) bond motifs is 2. The highest BCUT2D eigenvalue weighted by atomic mass is 16.2. The molecule has 2 fully saturated rings. The van der Waals surface area contributed by atoms with Gasteiger partial charge in [0, 0.05) is 24.5 Å². The van der Waals surface area contributed by atoms with E-state index < -0.39 is 0 Å². The smallest absolute Gasteiger partial charge is 0.272 e. The molecule has 0 aliphatic carbocycles.